The van der Waals surface area contributed by atoms with Crippen LogP contribution in [0.15, 0.2) is 52.0 Å². The third-order valence-electron chi connectivity index (χ3n) is 3.24. The van der Waals surface area contributed by atoms with Crippen molar-refractivity contribution in [1.82, 2.24) is 4.90 Å². The van der Waals surface area contributed by atoms with Crippen LogP contribution >= 0.6 is 24.0 Å². The fourth-order valence-corrected chi connectivity index (χ4v) is 3.33. The SMILES string of the molecule is Cc1ccccc1C=C1SC(=S)N(Cc2ccco2)C1=O. The van der Waals surface area contributed by atoms with Crippen molar-refractivity contribution in [2.24, 2.45) is 0 Å². The Morgan fingerprint density at radius 1 is 1.29 bits per heavy atom. The number of thioether (sulfide) groups is 1. The van der Waals surface area contributed by atoms with Crippen molar-refractivity contribution in [2.45, 2.75) is 13.5 Å². The number of hydrogen-bond acceptors (Lipinski definition) is 4. The molecular formula is C16H13NO2S2. The lowest BCUT2D eigenvalue weighted by Crippen LogP contribution is -2.27. The van der Waals surface area contributed by atoms with Crippen molar-refractivity contribution in [3.63, 3.8) is 0 Å². The van der Waals surface area contributed by atoms with Gasteiger partial charge >= 0.3 is 0 Å². The van der Waals surface area contributed by atoms with Gasteiger partial charge in [0.1, 0.15) is 10.1 Å². The standard InChI is InChI=1S/C16H13NO2S2/c1-11-5-2-3-6-12(11)9-14-15(18)17(16(20)21-14)10-13-7-4-8-19-13/h2-9H,10H2,1H3. The first-order valence-corrected chi connectivity index (χ1v) is 7.71. The van der Waals surface area contributed by atoms with E-state index in [2.05, 4.69) is 0 Å². The van der Waals surface area contributed by atoms with E-state index in [-0.39, 0.29) is 5.91 Å². The van der Waals surface area contributed by atoms with Crippen LogP contribution in [0.3, 0.4) is 0 Å². The summed E-state index contributed by atoms with van der Waals surface area (Å²) in [6, 6.07) is 11.6. The summed E-state index contributed by atoms with van der Waals surface area (Å²) in [5.41, 5.74) is 2.17. The van der Waals surface area contributed by atoms with Gasteiger partial charge in [-0.1, -0.05) is 48.2 Å². The third-order valence-corrected chi connectivity index (χ3v) is 4.62. The molecule has 1 amide bonds. The van der Waals surface area contributed by atoms with Crippen LogP contribution in [-0.2, 0) is 11.3 Å². The summed E-state index contributed by atoms with van der Waals surface area (Å²) in [5.74, 6) is 0.660. The van der Waals surface area contributed by atoms with Crippen molar-refractivity contribution in [3.05, 3.63) is 64.5 Å². The van der Waals surface area contributed by atoms with Gasteiger partial charge in [0.25, 0.3) is 5.91 Å². The zero-order valence-electron chi connectivity index (χ0n) is 11.4. The summed E-state index contributed by atoms with van der Waals surface area (Å²) in [4.78, 5) is 14.7. The lowest BCUT2D eigenvalue weighted by Gasteiger charge is -2.12. The predicted octanol–water partition coefficient (Wildman–Crippen LogP) is 3.99. The molecule has 0 atom stereocenters. The molecule has 0 unspecified atom stereocenters. The van der Waals surface area contributed by atoms with Crippen LogP contribution in [0.2, 0.25) is 0 Å². The monoisotopic (exact) mass is 315 g/mol. The summed E-state index contributed by atoms with van der Waals surface area (Å²) in [6.45, 7) is 2.40. The second-order valence-corrected chi connectivity index (χ2v) is 6.38. The molecule has 0 bridgehead atoms. The summed E-state index contributed by atoms with van der Waals surface area (Å²) < 4.78 is 5.85. The van der Waals surface area contributed by atoms with E-state index in [1.807, 2.05) is 43.3 Å². The number of carbonyl (C=O) groups is 1. The van der Waals surface area contributed by atoms with Gasteiger partial charge in [-0.25, -0.2) is 0 Å². The maximum Gasteiger partial charge on any atom is 0.266 e. The van der Waals surface area contributed by atoms with Gasteiger partial charge in [0.05, 0.1) is 17.7 Å². The van der Waals surface area contributed by atoms with Crippen LogP contribution in [0.4, 0.5) is 0 Å². The molecule has 1 aromatic heterocycles. The van der Waals surface area contributed by atoms with E-state index in [1.165, 1.54) is 11.8 Å². The molecule has 21 heavy (non-hydrogen) atoms. The van der Waals surface area contributed by atoms with Crippen LogP contribution < -0.4 is 0 Å². The Labute approximate surface area is 132 Å². The van der Waals surface area contributed by atoms with Crippen molar-refractivity contribution in [1.29, 1.82) is 0 Å². The number of furan rings is 1. The van der Waals surface area contributed by atoms with E-state index in [1.54, 1.807) is 17.2 Å². The summed E-state index contributed by atoms with van der Waals surface area (Å²) in [7, 11) is 0. The van der Waals surface area contributed by atoms with E-state index < -0.39 is 0 Å². The van der Waals surface area contributed by atoms with E-state index >= 15 is 0 Å². The topological polar surface area (TPSA) is 33.5 Å². The molecule has 3 rings (SSSR count). The minimum atomic E-state index is -0.0651. The number of benzene rings is 1. The van der Waals surface area contributed by atoms with E-state index in [0.29, 0.717) is 15.8 Å². The minimum absolute atomic E-state index is 0.0651. The Morgan fingerprint density at radius 3 is 2.81 bits per heavy atom. The molecule has 106 valence electrons. The van der Waals surface area contributed by atoms with Crippen molar-refractivity contribution < 1.29 is 9.21 Å². The van der Waals surface area contributed by atoms with Gasteiger partial charge in [-0.15, -0.1) is 0 Å². The molecule has 5 heteroatoms. The number of amides is 1. The average Bonchev–Trinajstić information content (AvgIpc) is 3.06. The van der Waals surface area contributed by atoms with Gasteiger partial charge in [-0.3, -0.25) is 9.69 Å². The fourth-order valence-electron chi connectivity index (χ4n) is 2.08. The lowest BCUT2D eigenvalue weighted by atomic mass is 10.1. The first kappa shape index (κ1) is 14.1. The van der Waals surface area contributed by atoms with E-state index in [0.717, 1.165) is 16.9 Å². The normalized spacial score (nSPS) is 17.0. The molecule has 0 saturated carbocycles. The van der Waals surface area contributed by atoms with Crippen LogP contribution in [0.1, 0.15) is 16.9 Å². The van der Waals surface area contributed by atoms with Gasteiger partial charge in [-0.2, -0.15) is 0 Å². The van der Waals surface area contributed by atoms with Crippen LogP contribution in [0, 0.1) is 6.92 Å². The number of carbonyl (C=O) groups excluding carboxylic acids is 1. The molecule has 1 fully saturated rings. The molecule has 2 heterocycles. The Morgan fingerprint density at radius 2 is 2.10 bits per heavy atom. The van der Waals surface area contributed by atoms with Crippen LogP contribution in [-0.4, -0.2) is 15.1 Å². The Bertz CT molecular complexity index is 720. The molecule has 1 saturated heterocycles. The molecule has 0 spiro atoms. The lowest BCUT2D eigenvalue weighted by molar-refractivity contribution is -0.122. The van der Waals surface area contributed by atoms with Gasteiger partial charge in [0.15, 0.2) is 0 Å². The Hall–Kier alpha value is -1.85. The van der Waals surface area contributed by atoms with Crippen molar-refractivity contribution in [3.8, 4) is 0 Å². The van der Waals surface area contributed by atoms with Crippen molar-refractivity contribution >= 4 is 40.3 Å². The van der Waals surface area contributed by atoms with Gasteiger partial charge < -0.3 is 4.42 Å². The zero-order valence-corrected chi connectivity index (χ0v) is 13.0. The Kier molecular flexibility index (Phi) is 3.94. The van der Waals surface area contributed by atoms with Crippen molar-refractivity contribution in [2.75, 3.05) is 0 Å². The molecule has 2 aromatic rings. The highest BCUT2D eigenvalue weighted by molar-refractivity contribution is 8.26. The second-order valence-electron chi connectivity index (χ2n) is 4.70. The largest absolute Gasteiger partial charge is 0.467 e. The zero-order chi connectivity index (χ0) is 14.8. The first-order chi connectivity index (χ1) is 10.1. The molecule has 0 aliphatic carbocycles. The number of rotatable bonds is 3. The number of aryl methyl sites for hydroxylation is 1. The van der Waals surface area contributed by atoms with E-state index in [9.17, 15) is 4.79 Å². The highest BCUT2D eigenvalue weighted by atomic mass is 32.2. The summed E-state index contributed by atoms with van der Waals surface area (Å²) in [5, 5.41) is 0. The number of hydrogen-bond donors (Lipinski definition) is 0. The first-order valence-electron chi connectivity index (χ1n) is 6.48. The number of nitrogens with zero attached hydrogens (tertiary/aromatic N) is 1. The highest BCUT2D eigenvalue weighted by Crippen LogP contribution is 2.34. The summed E-state index contributed by atoms with van der Waals surface area (Å²) >= 11 is 6.64. The van der Waals surface area contributed by atoms with Gasteiger partial charge in [0.2, 0.25) is 0 Å². The Balaban J connectivity index is 1.85. The average molecular weight is 315 g/mol. The highest BCUT2D eigenvalue weighted by Gasteiger charge is 2.32. The maximum atomic E-state index is 12.5. The minimum Gasteiger partial charge on any atom is -0.467 e. The third kappa shape index (κ3) is 2.94. The van der Waals surface area contributed by atoms with Crippen LogP contribution in [0.25, 0.3) is 6.08 Å². The molecular weight excluding hydrogens is 302 g/mol. The quantitative estimate of drug-likeness (QED) is 0.633. The van der Waals surface area contributed by atoms with Crippen LogP contribution in [0.5, 0.6) is 0 Å². The number of thiocarbonyl (C=S) groups is 1. The predicted molar refractivity (Wildman–Crippen MR) is 88.6 cm³/mol. The second kappa shape index (κ2) is 5.87. The summed E-state index contributed by atoms with van der Waals surface area (Å²) in [6.07, 6.45) is 3.49. The van der Waals surface area contributed by atoms with E-state index in [4.69, 9.17) is 16.6 Å². The molecule has 3 nitrogen and oxygen atoms in total. The molecule has 0 radical (unpaired) electrons. The smallest absolute Gasteiger partial charge is 0.266 e. The van der Waals surface area contributed by atoms with Gasteiger partial charge in [0, 0.05) is 0 Å². The molecule has 0 N–H and O–H groups in total. The molecule has 1 aromatic carbocycles. The molecule has 1 aliphatic heterocycles. The van der Waals surface area contributed by atoms with Gasteiger partial charge in [-0.05, 0) is 36.3 Å². The maximum absolute atomic E-state index is 12.5. The molecule has 1 aliphatic rings. The fraction of sp³-hybridized carbons (Fsp3) is 0.125.